The maximum atomic E-state index is 15.2. The molecule has 0 aromatic carbocycles. The molecule has 13 unspecified atom stereocenters. The number of aliphatic hydroxyl groups excluding tert-OH is 1. The Bertz CT molecular complexity index is 2010. The van der Waals surface area contributed by atoms with Crippen molar-refractivity contribution in [2.24, 2.45) is 17.8 Å². The maximum absolute atomic E-state index is 15.2. The quantitative estimate of drug-likeness (QED) is 0.0625. The van der Waals surface area contributed by atoms with E-state index in [0.29, 0.717) is 17.6 Å². The predicted octanol–water partition coefficient (Wildman–Crippen LogP) is 0.125. The Balaban J connectivity index is 1.85. The van der Waals surface area contributed by atoms with Crippen LogP contribution < -0.4 is 21.5 Å². The minimum atomic E-state index is -2.80. The number of esters is 1. The molecule has 22 heteroatoms. The summed E-state index contributed by atoms with van der Waals surface area (Å²) < 4.78 is 12.3. The van der Waals surface area contributed by atoms with Crippen LogP contribution in [0.1, 0.15) is 121 Å². The predicted molar refractivity (Wildman–Crippen MR) is 247 cm³/mol. The monoisotopic (exact) mass is 977 g/mol. The Labute approximate surface area is 404 Å². The van der Waals surface area contributed by atoms with Crippen LogP contribution in [0, 0.1) is 17.8 Å². The van der Waals surface area contributed by atoms with Crippen LogP contribution in [0.3, 0.4) is 0 Å². The molecular weight excluding hydrogens is 901 g/mol. The van der Waals surface area contributed by atoms with E-state index in [1.165, 1.54) is 48.6 Å². The van der Waals surface area contributed by atoms with Crippen LogP contribution in [0.15, 0.2) is 23.3 Å². The zero-order valence-electron chi connectivity index (χ0n) is 42.1. The molecule has 0 spiro atoms. The third-order valence-electron chi connectivity index (χ3n) is 14.1. The fraction of sp³-hybridized carbons (Fsp3) is 0.745. The van der Waals surface area contributed by atoms with Crippen molar-refractivity contribution in [2.45, 2.75) is 187 Å². The van der Waals surface area contributed by atoms with Gasteiger partial charge in [0, 0.05) is 32.5 Å². The van der Waals surface area contributed by atoms with Gasteiger partial charge in [-0.25, -0.2) is 20.7 Å². The molecule has 0 bridgehead atoms. The number of ketones is 1. The van der Waals surface area contributed by atoms with Crippen LogP contribution >= 0.6 is 0 Å². The molecule has 4 fully saturated rings. The van der Waals surface area contributed by atoms with Gasteiger partial charge in [-0.3, -0.25) is 48.8 Å². The molecule has 0 aromatic heterocycles. The summed E-state index contributed by atoms with van der Waals surface area (Å²) in [5.41, 5.74) is 4.01. The number of hydroxylamine groups is 2. The number of rotatable bonds is 10. The van der Waals surface area contributed by atoms with Crippen molar-refractivity contribution in [3.8, 4) is 0 Å². The number of likely N-dealkylation sites (N-methyl/N-ethyl adjacent to an activating group) is 1. The highest BCUT2D eigenvalue weighted by molar-refractivity contribution is 5.98. The van der Waals surface area contributed by atoms with E-state index in [1.807, 2.05) is 6.92 Å². The van der Waals surface area contributed by atoms with Gasteiger partial charge in [-0.1, -0.05) is 46.8 Å². The van der Waals surface area contributed by atoms with Gasteiger partial charge in [-0.15, -0.1) is 0 Å². The second kappa shape index (κ2) is 23.4. The number of hydrogen-bond acceptors (Lipinski definition) is 16. The molecule has 0 aliphatic carbocycles. The van der Waals surface area contributed by atoms with Crippen molar-refractivity contribution in [1.29, 1.82) is 0 Å². The molecule has 69 heavy (non-hydrogen) atoms. The van der Waals surface area contributed by atoms with Crippen molar-refractivity contribution in [1.82, 2.24) is 41.5 Å². The van der Waals surface area contributed by atoms with Crippen molar-refractivity contribution < 1.29 is 68.4 Å². The second-order valence-electron chi connectivity index (χ2n) is 19.4. The number of fused-ring (bicyclic) bond motifs is 2. The second-order valence-corrected chi connectivity index (χ2v) is 19.4. The summed E-state index contributed by atoms with van der Waals surface area (Å²) in [7, 11) is 1.28. The molecule has 8 N–H and O–H groups in total. The van der Waals surface area contributed by atoms with Gasteiger partial charge in [0.2, 0.25) is 17.6 Å². The molecular formula is C47H76N8O14. The van der Waals surface area contributed by atoms with Gasteiger partial charge in [-0.2, -0.15) is 0 Å². The molecule has 4 heterocycles. The van der Waals surface area contributed by atoms with Crippen molar-refractivity contribution >= 4 is 47.2 Å². The first-order chi connectivity index (χ1) is 32.2. The van der Waals surface area contributed by atoms with Gasteiger partial charge < -0.3 is 40.3 Å². The molecule has 0 radical (unpaired) electrons. The third-order valence-corrected chi connectivity index (χ3v) is 14.1. The Kier molecular flexibility index (Phi) is 19.2. The summed E-state index contributed by atoms with van der Waals surface area (Å²) in [4.78, 5) is 114. The molecule has 4 saturated heterocycles. The SMILES string of the molecule is CC=C(C)C(=O)C(C)C=C(C)C1OC(O)(C(O)(CC)C(=O)NC2C(=O)N3NCCCC3C(=O)N(O)C(C)C(=O)N(C)C(C)C(=O)N3NCCCC3C(=O)NC(C(C)O)C(=O)OC2C(C)C)CCC1C. The van der Waals surface area contributed by atoms with E-state index in [4.69, 9.17) is 9.47 Å². The number of allylic oxidation sites excluding steroid dienone is 3. The molecule has 13 atom stereocenters. The average Bonchev–Trinajstić information content (AvgIpc) is 3.33. The van der Waals surface area contributed by atoms with E-state index in [1.54, 1.807) is 39.8 Å². The lowest BCUT2D eigenvalue weighted by Crippen LogP contribution is -2.71. The molecule has 4 rings (SSSR count). The minimum Gasteiger partial charge on any atom is -0.458 e. The van der Waals surface area contributed by atoms with Crippen LogP contribution in [-0.4, -0.2) is 174 Å². The minimum absolute atomic E-state index is 0.0668. The van der Waals surface area contributed by atoms with Gasteiger partial charge >= 0.3 is 5.97 Å². The van der Waals surface area contributed by atoms with E-state index in [9.17, 15) is 54.1 Å². The number of carbonyl (C=O) groups is 8. The van der Waals surface area contributed by atoms with E-state index in [0.717, 1.165) is 14.9 Å². The third kappa shape index (κ3) is 12.0. The van der Waals surface area contributed by atoms with Crippen LogP contribution in [0.4, 0.5) is 0 Å². The average molecular weight is 977 g/mol. The first-order valence-corrected chi connectivity index (χ1v) is 24.1. The number of nitrogens with zero attached hydrogens (tertiary/aromatic N) is 4. The van der Waals surface area contributed by atoms with Crippen molar-refractivity contribution in [2.75, 3.05) is 20.1 Å². The number of ether oxygens (including phenoxy) is 2. The fourth-order valence-electron chi connectivity index (χ4n) is 9.32. The Morgan fingerprint density at radius 3 is 2.03 bits per heavy atom. The number of carbonyl (C=O) groups excluding carboxylic acids is 8. The topological polar surface area (TPSA) is 297 Å². The zero-order valence-corrected chi connectivity index (χ0v) is 42.1. The molecule has 4 aliphatic heterocycles. The first kappa shape index (κ1) is 56.7. The van der Waals surface area contributed by atoms with Gasteiger partial charge in [-0.05, 0) is 103 Å². The van der Waals surface area contributed by atoms with Crippen LogP contribution in [0.25, 0.3) is 0 Å². The lowest BCUT2D eigenvalue weighted by Gasteiger charge is -2.49. The zero-order chi connectivity index (χ0) is 52.0. The highest BCUT2D eigenvalue weighted by Gasteiger charge is 2.59. The normalized spacial score (nSPS) is 33.0. The lowest BCUT2D eigenvalue weighted by atomic mass is 9.78. The maximum Gasteiger partial charge on any atom is 0.331 e. The number of Topliss-reactive ketones (excluding diaryl/α,β-unsaturated/α-hetero) is 1. The number of hydrazine groups is 2. The fourth-order valence-corrected chi connectivity index (χ4v) is 9.32. The Morgan fingerprint density at radius 1 is 0.899 bits per heavy atom. The molecule has 0 saturated carbocycles. The summed E-state index contributed by atoms with van der Waals surface area (Å²) in [5.74, 6) is -11.7. The summed E-state index contributed by atoms with van der Waals surface area (Å²) >= 11 is 0. The number of hydrogen-bond donors (Lipinski definition) is 8. The van der Waals surface area contributed by atoms with Crippen LogP contribution in [-0.2, 0) is 47.8 Å². The highest BCUT2D eigenvalue weighted by Crippen LogP contribution is 2.42. The van der Waals surface area contributed by atoms with E-state index < -0.39 is 126 Å². The lowest BCUT2D eigenvalue weighted by molar-refractivity contribution is -0.325. The van der Waals surface area contributed by atoms with Crippen molar-refractivity contribution in [3.63, 3.8) is 0 Å². The molecule has 4 aliphatic rings. The van der Waals surface area contributed by atoms with Gasteiger partial charge in [0.25, 0.3) is 23.6 Å². The largest absolute Gasteiger partial charge is 0.458 e. The summed E-state index contributed by atoms with van der Waals surface area (Å²) in [5, 5.41) is 54.1. The summed E-state index contributed by atoms with van der Waals surface area (Å²) in [6.07, 6.45) is -0.537. The van der Waals surface area contributed by atoms with Gasteiger partial charge in [0.05, 0.1) is 12.2 Å². The molecule has 388 valence electrons. The first-order valence-electron chi connectivity index (χ1n) is 24.1. The molecule has 6 amide bonds. The van der Waals surface area contributed by atoms with Gasteiger partial charge in [0.1, 0.15) is 36.3 Å². The number of cyclic esters (lactones) is 1. The highest BCUT2D eigenvalue weighted by atomic mass is 16.7. The van der Waals surface area contributed by atoms with Gasteiger partial charge in [0.15, 0.2) is 17.4 Å². The summed E-state index contributed by atoms with van der Waals surface area (Å²) in [6.45, 7) is 17.4. The molecule has 0 aromatic rings. The van der Waals surface area contributed by atoms with E-state index in [2.05, 4.69) is 21.5 Å². The number of aliphatic hydroxyl groups is 3. The standard InChI is InChI=1S/C47H76N8O14/c1-13-25(5)36(57)27(7)23-28(8)38-26(6)19-20-47(66,69-38)46(65,14-2)45(64)51-35-37(24(3)4)68-44(63)34(31(11)56)50-39(58)32-17-15-21-48-53(32)41(60)29(9)52(12)40(59)30(10)55(67)42(61)33-18-16-22-49-54(33)43(35)62/h13,23-24,26-27,29-35,37-38,48-49,56,65-67H,14-22H2,1-12H3,(H,50,58)(H,51,64). The van der Waals surface area contributed by atoms with Crippen LogP contribution in [0.2, 0.25) is 0 Å². The van der Waals surface area contributed by atoms with Crippen LogP contribution in [0.5, 0.6) is 0 Å². The van der Waals surface area contributed by atoms with E-state index in [-0.39, 0.29) is 62.0 Å². The Morgan fingerprint density at radius 2 is 1.48 bits per heavy atom. The smallest absolute Gasteiger partial charge is 0.331 e. The van der Waals surface area contributed by atoms with Crippen molar-refractivity contribution in [3.05, 3.63) is 23.3 Å². The summed E-state index contributed by atoms with van der Waals surface area (Å²) in [6, 6.07) is -9.46. The Hall–Kier alpha value is -4.84. The molecule has 22 nitrogen and oxygen atoms in total. The number of nitrogens with one attached hydrogen (secondary N) is 4. The number of amides is 6. The van der Waals surface area contributed by atoms with E-state index >= 15 is 4.79 Å².